The van der Waals surface area contributed by atoms with E-state index in [1.807, 2.05) is 13.0 Å². The summed E-state index contributed by atoms with van der Waals surface area (Å²) in [7, 11) is 0. The van der Waals surface area contributed by atoms with Crippen LogP contribution in [0.4, 0.5) is 10.2 Å². The topological polar surface area (TPSA) is 61.0 Å². The monoisotopic (exact) mass is 520 g/mol. The number of hydrogen-bond acceptors (Lipinski definition) is 5. The van der Waals surface area contributed by atoms with E-state index in [1.54, 1.807) is 18.3 Å². The molecule has 0 amide bonds. The van der Waals surface area contributed by atoms with Crippen molar-refractivity contribution in [1.82, 2.24) is 14.8 Å². The Balaban J connectivity index is 1.35. The maximum Gasteiger partial charge on any atom is 0.147 e. The number of aromatic nitrogens is 1. The zero-order valence-corrected chi connectivity index (χ0v) is 22.1. The summed E-state index contributed by atoms with van der Waals surface area (Å²) in [5.74, 6) is 1.06. The molecule has 3 heterocycles. The van der Waals surface area contributed by atoms with Crippen molar-refractivity contribution in [2.45, 2.75) is 51.7 Å². The fourth-order valence-corrected chi connectivity index (χ4v) is 5.72. The SMILES string of the molecule is CCN=C(N)c1cnc(N2CCN(C3CCN(Cc4ccc(Cl)cc4F)CC3)[C@@H](CC)C2)c(Cl)c1. The molecule has 2 N–H and O–H groups in total. The first-order valence-corrected chi connectivity index (χ1v) is 13.3. The number of anilines is 1. The van der Waals surface area contributed by atoms with Gasteiger partial charge in [0.2, 0.25) is 0 Å². The van der Waals surface area contributed by atoms with Crippen LogP contribution in [0, 0.1) is 5.82 Å². The lowest BCUT2D eigenvalue weighted by atomic mass is 9.97. The van der Waals surface area contributed by atoms with Crippen molar-refractivity contribution in [2.24, 2.45) is 10.7 Å². The number of hydrogen-bond donors (Lipinski definition) is 1. The summed E-state index contributed by atoms with van der Waals surface area (Å²) in [6, 6.07) is 7.82. The smallest absolute Gasteiger partial charge is 0.147 e. The number of benzene rings is 1. The molecule has 35 heavy (non-hydrogen) atoms. The third kappa shape index (κ3) is 6.26. The van der Waals surface area contributed by atoms with Crippen LogP contribution in [-0.2, 0) is 6.54 Å². The van der Waals surface area contributed by atoms with Gasteiger partial charge in [-0.15, -0.1) is 0 Å². The van der Waals surface area contributed by atoms with Crippen molar-refractivity contribution in [1.29, 1.82) is 0 Å². The van der Waals surface area contributed by atoms with E-state index < -0.39 is 0 Å². The molecule has 1 aromatic carbocycles. The van der Waals surface area contributed by atoms with Gasteiger partial charge < -0.3 is 10.6 Å². The van der Waals surface area contributed by atoms with Crippen molar-refractivity contribution in [2.75, 3.05) is 44.2 Å². The Bertz CT molecular complexity index is 1040. The van der Waals surface area contributed by atoms with Crippen LogP contribution in [0.3, 0.4) is 0 Å². The number of rotatable bonds is 7. The summed E-state index contributed by atoms with van der Waals surface area (Å²) >= 11 is 12.5. The second-order valence-electron chi connectivity index (χ2n) is 9.38. The van der Waals surface area contributed by atoms with Gasteiger partial charge in [-0.3, -0.25) is 14.8 Å². The lowest BCUT2D eigenvalue weighted by Gasteiger charge is -2.47. The number of pyridine rings is 1. The van der Waals surface area contributed by atoms with Gasteiger partial charge in [-0.1, -0.05) is 36.2 Å². The van der Waals surface area contributed by atoms with E-state index in [1.165, 1.54) is 6.07 Å². The molecule has 9 heteroatoms. The quantitative estimate of drug-likeness (QED) is 0.418. The van der Waals surface area contributed by atoms with Gasteiger partial charge in [-0.25, -0.2) is 9.37 Å². The molecular weight excluding hydrogens is 486 g/mol. The molecule has 2 aromatic rings. The Morgan fingerprint density at radius 1 is 1.14 bits per heavy atom. The Kier molecular flexibility index (Phi) is 8.87. The van der Waals surface area contributed by atoms with Gasteiger partial charge >= 0.3 is 0 Å². The summed E-state index contributed by atoms with van der Waals surface area (Å²) in [5, 5.41) is 1.06. The van der Waals surface area contributed by atoms with Crippen molar-refractivity contribution >= 4 is 34.9 Å². The van der Waals surface area contributed by atoms with E-state index >= 15 is 0 Å². The van der Waals surface area contributed by atoms with Crippen molar-refractivity contribution in [3.63, 3.8) is 0 Å². The molecule has 0 aliphatic carbocycles. The molecule has 0 radical (unpaired) electrons. The standard InChI is InChI=1S/C26H35Cl2FN6/c1-3-21-17-34(26-23(28)13-19(15-32-26)25(30)31-4-2)11-12-35(21)22-7-9-33(10-8-22)16-18-5-6-20(27)14-24(18)29/h5-6,13-15,21-22H,3-4,7-12,16-17H2,1-2H3,(H2,30,31)/t21-/m0/s1. The number of nitrogens with zero attached hydrogens (tertiary/aromatic N) is 5. The van der Waals surface area contributed by atoms with E-state index in [0.29, 0.717) is 46.6 Å². The minimum absolute atomic E-state index is 0.220. The summed E-state index contributed by atoms with van der Waals surface area (Å²) < 4.78 is 14.2. The summed E-state index contributed by atoms with van der Waals surface area (Å²) in [6.45, 7) is 10.2. The van der Waals surface area contributed by atoms with Gasteiger partial charge in [0.25, 0.3) is 0 Å². The number of likely N-dealkylation sites (tertiary alicyclic amines) is 1. The lowest BCUT2D eigenvalue weighted by Crippen LogP contribution is -2.58. The zero-order valence-electron chi connectivity index (χ0n) is 20.6. The largest absolute Gasteiger partial charge is 0.383 e. The van der Waals surface area contributed by atoms with E-state index in [9.17, 15) is 4.39 Å². The average molecular weight is 522 g/mol. The van der Waals surface area contributed by atoms with Crippen LogP contribution in [0.5, 0.6) is 0 Å². The maximum absolute atomic E-state index is 14.2. The Morgan fingerprint density at radius 3 is 2.57 bits per heavy atom. The minimum atomic E-state index is -0.220. The number of aliphatic imine (C=N–C) groups is 1. The minimum Gasteiger partial charge on any atom is -0.383 e. The highest BCUT2D eigenvalue weighted by Gasteiger charge is 2.34. The molecule has 2 aliphatic rings. The summed E-state index contributed by atoms with van der Waals surface area (Å²) in [4.78, 5) is 16.2. The molecule has 6 nitrogen and oxygen atoms in total. The molecule has 0 saturated carbocycles. The Labute approximate surface area is 217 Å². The zero-order chi connectivity index (χ0) is 24.9. The third-order valence-electron chi connectivity index (χ3n) is 7.18. The number of piperazine rings is 1. The predicted molar refractivity (Wildman–Crippen MR) is 143 cm³/mol. The fourth-order valence-electron chi connectivity index (χ4n) is 5.27. The van der Waals surface area contributed by atoms with Gasteiger partial charge in [-0.05, 0) is 57.5 Å². The van der Waals surface area contributed by atoms with Crippen LogP contribution < -0.4 is 10.6 Å². The molecule has 2 fully saturated rings. The van der Waals surface area contributed by atoms with Crippen LogP contribution in [0.2, 0.25) is 10.0 Å². The first kappa shape index (κ1) is 26.1. The van der Waals surface area contributed by atoms with Gasteiger partial charge in [0.05, 0.1) is 5.02 Å². The van der Waals surface area contributed by atoms with Gasteiger partial charge in [0.1, 0.15) is 17.5 Å². The number of nitrogens with two attached hydrogens (primary N) is 1. The van der Waals surface area contributed by atoms with Gasteiger partial charge in [0, 0.05) is 67.2 Å². The molecule has 0 spiro atoms. The molecule has 1 atom stereocenters. The van der Waals surface area contributed by atoms with E-state index in [4.69, 9.17) is 28.9 Å². The van der Waals surface area contributed by atoms with E-state index in [2.05, 4.69) is 31.6 Å². The average Bonchev–Trinajstić information content (AvgIpc) is 2.86. The first-order chi connectivity index (χ1) is 16.9. The normalized spacial score (nSPS) is 21.0. The molecule has 1 aromatic heterocycles. The summed E-state index contributed by atoms with van der Waals surface area (Å²) in [5.41, 5.74) is 7.49. The van der Waals surface area contributed by atoms with Gasteiger partial charge in [0.15, 0.2) is 0 Å². The first-order valence-electron chi connectivity index (χ1n) is 12.5. The molecule has 2 saturated heterocycles. The Morgan fingerprint density at radius 2 is 1.91 bits per heavy atom. The van der Waals surface area contributed by atoms with Crippen molar-refractivity contribution < 1.29 is 4.39 Å². The van der Waals surface area contributed by atoms with Gasteiger partial charge in [-0.2, -0.15) is 0 Å². The van der Waals surface area contributed by atoms with E-state index in [-0.39, 0.29) is 5.82 Å². The molecule has 0 unspecified atom stereocenters. The number of amidine groups is 1. The maximum atomic E-state index is 14.2. The van der Waals surface area contributed by atoms with Crippen molar-refractivity contribution in [3.8, 4) is 0 Å². The predicted octanol–water partition coefficient (Wildman–Crippen LogP) is 4.82. The van der Waals surface area contributed by atoms with Crippen LogP contribution in [0.15, 0.2) is 35.5 Å². The fraction of sp³-hybridized carbons (Fsp3) is 0.538. The second-order valence-corrected chi connectivity index (χ2v) is 10.2. The highest BCUT2D eigenvalue weighted by Crippen LogP contribution is 2.30. The van der Waals surface area contributed by atoms with Crippen LogP contribution in [0.25, 0.3) is 0 Å². The number of piperidine rings is 1. The molecule has 4 rings (SSSR count). The highest BCUT2D eigenvalue weighted by molar-refractivity contribution is 6.33. The van der Waals surface area contributed by atoms with Crippen LogP contribution >= 0.6 is 23.2 Å². The summed E-state index contributed by atoms with van der Waals surface area (Å²) in [6.07, 6.45) is 5.02. The molecule has 0 bridgehead atoms. The van der Waals surface area contributed by atoms with Crippen LogP contribution in [0.1, 0.15) is 44.2 Å². The van der Waals surface area contributed by atoms with E-state index in [0.717, 1.165) is 63.4 Å². The number of halogens is 3. The third-order valence-corrected chi connectivity index (χ3v) is 7.69. The van der Waals surface area contributed by atoms with Crippen LogP contribution in [-0.4, -0.2) is 72.0 Å². The molecular formula is C26H35Cl2FN6. The van der Waals surface area contributed by atoms with Crippen molar-refractivity contribution in [3.05, 3.63) is 57.5 Å². The molecule has 2 aliphatic heterocycles. The highest BCUT2D eigenvalue weighted by atomic mass is 35.5. The second kappa shape index (κ2) is 11.9. The molecule has 190 valence electrons. The Hall–Kier alpha value is -1.93. The lowest BCUT2D eigenvalue weighted by molar-refractivity contribution is 0.0607.